The standard InChI is InChI=1S/C31H37N3O5/c1-7-33(8-2)28(37)38-24-13-12-23-22(14-17-34(23)19-21-11-9-10-20(3)18-21)25(24)32-26(35)31-16-15-30(6,27(36)39-31)29(31,4)5/h9-14,17-18H,7-8,15-16,19H2,1-6H3,(H,32,35)/t30-,31?/m0/s1. The lowest BCUT2D eigenvalue weighted by molar-refractivity contribution is -0.165. The summed E-state index contributed by atoms with van der Waals surface area (Å²) in [5.74, 6) is -0.494. The average molecular weight is 532 g/mol. The van der Waals surface area contributed by atoms with Gasteiger partial charge >= 0.3 is 12.1 Å². The Hall–Kier alpha value is -3.81. The second-order valence-electron chi connectivity index (χ2n) is 11.5. The third kappa shape index (κ3) is 3.99. The highest BCUT2D eigenvalue weighted by atomic mass is 16.6. The van der Waals surface area contributed by atoms with Gasteiger partial charge in [0, 0.05) is 36.6 Å². The van der Waals surface area contributed by atoms with Crippen molar-refractivity contribution in [2.45, 2.75) is 66.5 Å². The molecule has 2 atom stereocenters. The van der Waals surface area contributed by atoms with Crippen LogP contribution in [0.5, 0.6) is 5.75 Å². The lowest BCUT2D eigenvalue weighted by Crippen LogP contribution is -2.50. The van der Waals surface area contributed by atoms with E-state index >= 15 is 0 Å². The molecule has 2 amide bonds. The van der Waals surface area contributed by atoms with E-state index in [0.29, 0.717) is 38.2 Å². The summed E-state index contributed by atoms with van der Waals surface area (Å²) in [5.41, 5.74) is 0.868. The summed E-state index contributed by atoms with van der Waals surface area (Å²) in [6.45, 7) is 13.2. The van der Waals surface area contributed by atoms with Crippen LogP contribution in [0.3, 0.4) is 0 Å². The first-order valence-electron chi connectivity index (χ1n) is 13.7. The van der Waals surface area contributed by atoms with Gasteiger partial charge in [-0.05, 0) is 64.3 Å². The van der Waals surface area contributed by atoms with Gasteiger partial charge in [-0.25, -0.2) is 4.79 Å². The van der Waals surface area contributed by atoms with E-state index in [0.717, 1.165) is 16.5 Å². The third-order valence-corrected chi connectivity index (χ3v) is 9.26. The number of amides is 2. The number of aryl methyl sites for hydroxylation is 1. The molecule has 2 aromatic carbocycles. The highest BCUT2D eigenvalue weighted by molar-refractivity contribution is 6.09. The van der Waals surface area contributed by atoms with Crippen LogP contribution in [0.4, 0.5) is 10.5 Å². The van der Waals surface area contributed by atoms with Crippen molar-refractivity contribution >= 4 is 34.6 Å². The number of fused-ring (bicyclic) bond motifs is 3. The second kappa shape index (κ2) is 9.43. The van der Waals surface area contributed by atoms with Crippen molar-refractivity contribution in [2.24, 2.45) is 10.8 Å². The Labute approximate surface area is 229 Å². The first-order chi connectivity index (χ1) is 18.5. The highest BCUT2D eigenvalue weighted by Gasteiger charge is 2.75. The molecule has 2 aliphatic rings. The van der Waals surface area contributed by atoms with Crippen molar-refractivity contribution in [3.8, 4) is 5.75 Å². The van der Waals surface area contributed by atoms with E-state index in [4.69, 9.17) is 9.47 Å². The minimum Gasteiger partial charge on any atom is -0.448 e. The summed E-state index contributed by atoms with van der Waals surface area (Å²) in [6, 6.07) is 13.8. The second-order valence-corrected chi connectivity index (χ2v) is 11.5. The van der Waals surface area contributed by atoms with E-state index < -0.39 is 28.4 Å². The number of hydrogen-bond acceptors (Lipinski definition) is 5. The molecule has 1 aliphatic heterocycles. The van der Waals surface area contributed by atoms with Crippen LogP contribution in [0.2, 0.25) is 0 Å². The van der Waals surface area contributed by atoms with Crippen LogP contribution in [-0.4, -0.2) is 46.1 Å². The Morgan fingerprint density at radius 2 is 1.82 bits per heavy atom. The Bertz CT molecular complexity index is 1470. The van der Waals surface area contributed by atoms with E-state index in [1.54, 1.807) is 11.0 Å². The maximum absolute atomic E-state index is 14.0. The first kappa shape index (κ1) is 26.8. The van der Waals surface area contributed by atoms with Crippen molar-refractivity contribution < 1.29 is 23.9 Å². The van der Waals surface area contributed by atoms with Crippen molar-refractivity contribution in [3.05, 3.63) is 59.8 Å². The number of esters is 1. The van der Waals surface area contributed by atoms with Crippen molar-refractivity contribution in [1.82, 2.24) is 9.47 Å². The fourth-order valence-electron chi connectivity index (χ4n) is 6.21. The lowest BCUT2D eigenvalue weighted by atomic mass is 9.66. The Morgan fingerprint density at radius 3 is 2.44 bits per heavy atom. The molecule has 1 unspecified atom stereocenters. The minimum atomic E-state index is -1.30. The monoisotopic (exact) mass is 531 g/mol. The lowest BCUT2D eigenvalue weighted by Gasteiger charge is -2.35. The van der Waals surface area contributed by atoms with Crippen molar-refractivity contribution in [3.63, 3.8) is 0 Å². The number of aromatic nitrogens is 1. The molecule has 8 heteroatoms. The van der Waals surface area contributed by atoms with Gasteiger partial charge in [-0.2, -0.15) is 0 Å². The van der Waals surface area contributed by atoms with Crippen LogP contribution in [0.1, 0.15) is 58.6 Å². The molecule has 1 N–H and O–H groups in total. The van der Waals surface area contributed by atoms with E-state index in [1.165, 1.54) is 5.56 Å². The number of benzene rings is 2. The number of nitrogens with zero attached hydrogens (tertiary/aromatic N) is 2. The molecule has 3 aromatic rings. The number of anilines is 1. The topological polar surface area (TPSA) is 89.9 Å². The molecule has 8 nitrogen and oxygen atoms in total. The molecule has 0 spiro atoms. The molecule has 1 saturated carbocycles. The van der Waals surface area contributed by atoms with Gasteiger partial charge in [0.15, 0.2) is 11.4 Å². The number of nitrogens with one attached hydrogen (secondary N) is 1. The molecular weight excluding hydrogens is 494 g/mol. The summed E-state index contributed by atoms with van der Waals surface area (Å²) in [6.07, 6.45) is 2.48. The fourth-order valence-corrected chi connectivity index (χ4v) is 6.21. The SMILES string of the molecule is CCN(CC)C(=O)Oc1ccc2c(ccn2Cc2cccc(C)c2)c1NC(=O)C12CC[C@@](C)(C(=O)O1)C2(C)C. The first-order valence-corrected chi connectivity index (χ1v) is 13.7. The zero-order valence-electron chi connectivity index (χ0n) is 23.6. The number of hydrogen-bond donors (Lipinski definition) is 1. The number of ether oxygens (including phenoxy) is 2. The number of carbonyl (C=O) groups is 3. The van der Waals surface area contributed by atoms with Crippen LogP contribution in [0.15, 0.2) is 48.7 Å². The van der Waals surface area contributed by atoms with Crippen LogP contribution in [0, 0.1) is 17.8 Å². The summed E-state index contributed by atoms with van der Waals surface area (Å²) >= 11 is 0. The number of carbonyl (C=O) groups excluding carboxylic acids is 3. The maximum Gasteiger partial charge on any atom is 0.415 e. The van der Waals surface area contributed by atoms with Gasteiger partial charge in [0.05, 0.1) is 16.6 Å². The number of rotatable bonds is 7. The summed E-state index contributed by atoms with van der Waals surface area (Å²) in [4.78, 5) is 41.3. The van der Waals surface area contributed by atoms with Gasteiger partial charge in [-0.3, -0.25) is 9.59 Å². The Morgan fingerprint density at radius 1 is 1.08 bits per heavy atom. The van der Waals surface area contributed by atoms with Gasteiger partial charge in [0.1, 0.15) is 0 Å². The van der Waals surface area contributed by atoms with E-state index in [9.17, 15) is 14.4 Å². The summed E-state index contributed by atoms with van der Waals surface area (Å²) in [5, 5.41) is 3.78. The van der Waals surface area contributed by atoms with Crippen molar-refractivity contribution in [2.75, 3.05) is 18.4 Å². The molecule has 1 saturated heterocycles. The van der Waals surface area contributed by atoms with Gasteiger partial charge in [0.2, 0.25) is 0 Å². The van der Waals surface area contributed by atoms with E-state index in [2.05, 4.69) is 35.0 Å². The molecule has 206 valence electrons. The van der Waals surface area contributed by atoms with Crippen LogP contribution in [0.25, 0.3) is 10.9 Å². The summed E-state index contributed by atoms with van der Waals surface area (Å²) in [7, 11) is 0. The maximum atomic E-state index is 14.0. The van der Waals surface area contributed by atoms with Crippen molar-refractivity contribution in [1.29, 1.82) is 0 Å². The van der Waals surface area contributed by atoms with E-state index in [-0.39, 0.29) is 11.7 Å². The average Bonchev–Trinajstić information content (AvgIpc) is 3.43. The van der Waals surface area contributed by atoms with Gasteiger partial charge in [-0.1, -0.05) is 43.7 Å². The Balaban J connectivity index is 1.56. The molecule has 2 heterocycles. The van der Waals surface area contributed by atoms with Gasteiger partial charge in [0.25, 0.3) is 5.91 Å². The molecule has 0 radical (unpaired) electrons. The molecule has 39 heavy (non-hydrogen) atoms. The third-order valence-electron chi connectivity index (χ3n) is 9.26. The van der Waals surface area contributed by atoms with Gasteiger partial charge in [-0.15, -0.1) is 0 Å². The van der Waals surface area contributed by atoms with Crippen LogP contribution < -0.4 is 10.1 Å². The molecular formula is C31H37N3O5. The zero-order chi connectivity index (χ0) is 28.2. The molecule has 5 rings (SSSR count). The molecule has 1 aromatic heterocycles. The molecule has 2 fully saturated rings. The normalized spacial score (nSPS) is 23.1. The van der Waals surface area contributed by atoms with Gasteiger partial charge < -0.3 is 24.3 Å². The van der Waals surface area contributed by atoms with Crippen LogP contribution in [-0.2, 0) is 20.9 Å². The largest absolute Gasteiger partial charge is 0.448 e. The van der Waals surface area contributed by atoms with Crippen LogP contribution >= 0.6 is 0 Å². The minimum absolute atomic E-state index is 0.250. The predicted octanol–water partition coefficient (Wildman–Crippen LogP) is 5.90. The molecule has 2 bridgehead atoms. The smallest absolute Gasteiger partial charge is 0.415 e. The molecule has 1 aliphatic carbocycles. The fraction of sp³-hybridized carbons (Fsp3) is 0.452. The quantitative estimate of drug-likeness (QED) is 0.384. The highest BCUT2D eigenvalue weighted by Crippen LogP contribution is 2.65. The predicted molar refractivity (Wildman–Crippen MR) is 150 cm³/mol. The Kier molecular flexibility index (Phi) is 6.48. The van der Waals surface area contributed by atoms with E-state index in [1.807, 2.05) is 59.0 Å². The zero-order valence-corrected chi connectivity index (χ0v) is 23.6. The summed E-state index contributed by atoms with van der Waals surface area (Å²) < 4.78 is 13.8.